The van der Waals surface area contributed by atoms with Crippen LogP contribution in [0.5, 0.6) is 0 Å². The van der Waals surface area contributed by atoms with Crippen LogP contribution in [0, 0.1) is 18.3 Å². The lowest BCUT2D eigenvalue weighted by Gasteiger charge is -2.19. The molecule has 0 aromatic rings. The Morgan fingerprint density at radius 3 is 2.07 bits per heavy atom. The Kier molecular flexibility index (Phi) is 10.5. The molecule has 0 aliphatic carbocycles. The number of hydrogen-bond acceptors (Lipinski definition) is 0. The van der Waals surface area contributed by atoms with Crippen molar-refractivity contribution in [1.29, 1.82) is 0 Å². The molecule has 0 saturated carbocycles. The van der Waals surface area contributed by atoms with Crippen molar-refractivity contribution in [2.45, 2.75) is 79.1 Å². The van der Waals surface area contributed by atoms with Crippen LogP contribution in [0.3, 0.4) is 0 Å². The molecule has 0 bridgehead atoms. The maximum absolute atomic E-state index is 2.62. The number of unbranched alkanes of at least 4 members (excludes halogenated alkanes) is 3. The molecule has 0 fully saturated rings. The SMILES string of the molecule is CCCCCC([CH]C(C)CCCC)CC. The third-order valence-corrected chi connectivity index (χ3v) is 3.32. The summed E-state index contributed by atoms with van der Waals surface area (Å²) in [6, 6.07) is 0. The molecule has 0 aromatic carbocycles. The van der Waals surface area contributed by atoms with Crippen LogP contribution in [0.2, 0.25) is 0 Å². The first-order chi connectivity index (χ1) is 7.24. The van der Waals surface area contributed by atoms with E-state index >= 15 is 0 Å². The van der Waals surface area contributed by atoms with E-state index in [0.29, 0.717) is 0 Å². The van der Waals surface area contributed by atoms with E-state index in [0.717, 1.165) is 11.8 Å². The lowest BCUT2D eigenvalue weighted by atomic mass is 9.87. The van der Waals surface area contributed by atoms with Gasteiger partial charge in [0.05, 0.1) is 0 Å². The van der Waals surface area contributed by atoms with Crippen LogP contribution in [0.1, 0.15) is 79.1 Å². The van der Waals surface area contributed by atoms with Crippen LogP contribution in [0.4, 0.5) is 0 Å². The first-order valence-corrected chi connectivity index (χ1v) is 7.09. The molecule has 0 nitrogen and oxygen atoms in total. The summed E-state index contributed by atoms with van der Waals surface area (Å²) in [5.41, 5.74) is 0. The molecule has 0 rings (SSSR count). The van der Waals surface area contributed by atoms with E-state index in [2.05, 4.69) is 34.1 Å². The zero-order valence-corrected chi connectivity index (χ0v) is 11.4. The van der Waals surface area contributed by atoms with Crippen molar-refractivity contribution in [1.82, 2.24) is 0 Å². The zero-order chi connectivity index (χ0) is 11.5. The van der Waals surface area contributed by atoms with Gasteiger partial charge in [0, 0.05) is 0 Å². The van der Waals surface area contributed by atoms with Gasteiger partial charge in [0.1, 0.15) is 0 Å². The van der Waals surface area contributed by atoms with Crippen LogP contribution < -0.4 is 0 Å². The highest BCUT2D eigenvalue weighted by molar-refractivity contribution is 4.80. The Hall–Kier alpha value is 0. The topological polar surface area (TPSA) is 0 Å². The molecular formula is C15H31. The predicted octanol–water partition coefficient (Wildman–Crippen LogP) is 5.62. The van der Waals surface area contributed by atoms with E-state index < -0.39 is 0 Å². The van der Waals surface area contributed by atoms with Gasteiger partial charge in [-0.25, -0.2) is 0 Å². The molecule has 91 valence electrons. The normalized spacial score (nSPS) is 15.2. The molecule has 0 N–H and O–H groups in total. The Morgan fingerprint density at radius 1 is 0.867 bits per heavy atom. The molecule has 2 atom stereocenters. The summed E-state index contributed by atoms with van der Waals surface area (Å²) in [5.74, 6) is 1.71. The summed E-state index contributed by atoms with van der Waals surface area (Å²) in [4.78, 5) is 0. The van der Waals surface area contributed by atoms with Crippen LogP contribution >= 0.6 is 0 Å². The predicted molar refractivity (Wildman–Crippen MR) is 70.9 cm³/mol. The standard InChI is InChI=1S/C15H31/c1-5-8-10-12-15(7-3)13-14(4)11-9-6-2/h13-15H,5-12H2,1-4H3. The van der Waals surface area contributed by atoms with Gasteiger partial charge in [0.2, 0.25) is 0 Å². The van der Waals surface area contributed by atoms with Crippen molar-refractivity contribution in [3.05, 3.63) is 6.42 Å². The molecule has 2 unspecified atom stereocenters. The second kappa shape index (κ2) is 10.5. The van der Waals surface area contributed by atoms with E-state index in [9.17, 15) is 0 Å². The van der Waals surface area contributed by atoms with Crippen molar-refractivity contribution < 1.29 is 0 Å². The summed E-state index contributed by atoms with van der Waals surface area (Å²) in [5, 5.41) is 0. The number of hydrogen-bond donors (Lipinski definition) is 0. The summed E-state index contributed by atoms with van der Waals surface area (Å²) >= 11 is 0. The Labute approximate surface area is 97.8 Å². The third kappa shape index (κ3) is 8.96. The van der Waals surface area contributed by atoms with Gasteiger partial charge in [-0.15, -0.1) is 0 Å². The molecule has 1 radical (unpaired) electrons. The Morgan fingerprint density at radius 2 is 1.53 bits per heavy atom. The Balaban J connectivity index is 3.57. The first kappa shape index (κ1) is 15.0. The van der Waals surface area contributed by atoms with E-state index in [-0.39, 0.29) is 0 Å². The molecule has 0 aliphatic heterocycles. The van der Waals surface area contributed by atoms with E-state index in [1.165, 1.54) is 51.4 Å². The van der Waals surface area contributed by atoms with Crippen LogP contribution in [-0.2, 0) is 0 Å². The molecule has 0 heteroatoms. The fourth-order valence-electron chi connectivity index (χ4n) is 2.18. The fraction of sp³-hybridized carbons (Fsp3) is 0.933. The second-order valence-corrected chi connectivity index (χ2v) is 4.98. The van der Waals surface area contributed by atoms with Crippen molar-refractivity contribution in [3.8, 4) is 0 Å². The van der Waals surface area contributed by atoms with Crippen molar-refractivity contribution in [2.24, 2.45) is 11.8 Å². The highest BCUT2D eigenvalue weighted by Gasteiger charge is 2.11. The zero-order valence-electron chi connectivity index (χ0n) is 11.4. The minimum atomic E-state index is 0.830. The van der Waals surface area contributed by atoms with Gasteiger partial charge in [-0.3, -0.25) is 0 Å². The van der Waals surface area contributed by atoms with Gasteiger partial charge in [0.15, 0.2) is 0 Å². The van der Waals surface area contributed by atoms with Crippen LogP contribution in [0.15, 0.2) is 0 Å². The van der Waals surface area contributed by atoms with Gasteiger partial charge in [0.25, 0.3) is 0 Å². The summed E-state index contributed by atoms with van der Waals surface area (Å²) in [6.07, 6.45) is 13.7. The van der Waals surface area contributed by atoms with Crippen molar-refractivity contribution in [2.75, 3.05) is 0 Å². The van der Waals surface area contributed by atoms with Gasteiger partial charge >= 0.3 is 0 Å². The van der Waals surface area contributed by atoms with Gasteiger partial charge in [-0.2, -0.15) is 0 Å². The largest absolute Gasteiger partial charge is 0.0654 e. The summed E-state index contributed by atoms with van der Waals surface area (Å²) in [6.45, 7) is 9.29. The summed E-state index contributed by atoms with van der Waals surface area (Å²) < 4.78 is 0. The summed E-state index contributed by atoms with van der Waals surface area (Å²) in [7, 11) is 0. The average Bonchev–Trinajstić information content (AvgIpc) is 2.25. The molecule has 0 aromatic heterocycles. The monoisotopic (exact) mass is 211 g/mol. The van der Waals surface area contributed by atoms with E-state index in [1.54, 1.807) is 0 Å². The van der Waals surface area contributed by atoms with Gasteiger partial charge in [-0.1, -0.05) is 79.1 Å². The molecule has 15 heavy (non-hydrogen) atoms. The molecular weight excluding hydrogens is 180 g/mol. The number of rotatable bonds is 10. The molecule has 0 saturated heterocycles. The Bertz CT molecular complexity index is 117. The van der Waals surface area contributed by atoms with Gasteiger partial charge < -0.3 is 0 Å². The van der Waals surface area contributed by atoms with Crippen LogP contribution in [0.25, 0.3) is 0 Å². The quantitative estimate of drug-likeness (QED) is 0.411. The average molecular weight is 211 g/mol. The minimum absolute atomic E-state index is 0.830. The highest BCUT2D eigenvalue weighted by Crippen LogP contribution is 2.23. The van der Waals surface area contributed by atoms with E-state index in [1.807, 2.05) is 0 Å². The second-order valence-electron chi connectivity index (χ2n) is 4.98. The lowest BCUT2D eigenvalue weighted by Crippen LogP contribution is -2.07. The maximum atomic E-state index is 2.62. The first-order valence-electron chi connectivity index (χ1n) is 7.09. The van der Waals surface area contributed by atoms with Crippen molar-refractivity contribution >= 4 is 0 Å². The lowest BCUT2D eigenvalue weighted by molar-refractivity contribution is 0.429. The van der Waals surface area contributed by atoms with E-state index in [4.69, 9.17) is 0 Å². The smallest absolute Gasteiger partial charge is 0.0327 e. The molecule has 0 heterocycles. The third-order valence-electron chi connectivity index (χ3n) is 3.32. The highest BCUT2D eigenvalue weighted by atomic mass is 14.2. The fourth-order valence-corrected chi connectivity index (χ4v) is 2.18. The molecule has 0 spiro atoms. The van der Waals surface area contributed by atoms with Crippen molar-refractivity contribution in [3.63, 3.8) is 0 Å². The molecule has 0 amide bonds. The maximum Gasteiger partial charge on any atom is -0.0327 e. The van der Waals surface area contributed by atoms with Crippen LogP contribution in [-0.4, -0.2) is 0 Å². The minimum Gasteiger partial charge on any atom is -0.0654 e. The van der Waals surface area contributed by atoms with Gasteiger partial charge in [-0.05, 0) is 18.3 Å². The molecule has 0 aliphatic rings.